The Morgan fingerprint density at radius 1 is 1.12 bits per heavy atom. The maximum absolute atomic E-state index is 12.3. The summed E-state index contributed by atoms with van der Waals surface area (Å²) in [6.07, 6.45) is 0. The minimum absolute atomic E-state index is 0.149. The first kappa shape index (κ1) is 17.7. The minimum Gasteiger partial charge on any atom is -0.452 e. The lowest BCUT2D eigenvalue weighted by molar-refractivity contribution is -0.124. The molecule has 1 heterocycles. The molecule has 0 saturated carbocycles. The van der Waals surface area contributed by atoms with Gasteiger partial charge in [0, 0.05) is 16.6 Å². The quantitative estimate of drug-likeness (QED) is 0.687. The molecule has 3 rings (SSSR count). The van der Waals surface area contributed by atoms with Gasteiger partial charge >= 0.3 is 5.97 Å². The second-order valence-electron chi connectivity index (χ2n) is 6.41. The summed E-state index contributed by atoms with van der Waals surface area (Å²) >= 11 is 0. The molecule has 3 aromatic rings. The van der Waals surface area contributed by atoms with Crippen LogP contribution in [0.5, 0.6) is 0 Å². The van der Waals surface area contributed by atoms with Gasteiger partial charge in [-0.15, -0.1) is 0 Å². The van der Waals surface area contributed by atoms with Crippen LogP contribution < -0.4 is 5.32 Å². The Labute approximate surface area is 152 Å². The van der Waals surface area contributed by atoms with Crippen LogP contribution in [0.2, 0.25) is 0 Å². The van der Waals surface area contributed by atoms with Crippen LogP contribution >= 0.6 is 0 Å². The highest BCUT2D eigenvalue weighted by atomic mass is 16.5. The highest BCUT2D eigenvalue weighted by Crippen LogP contribution is 2.22. The number of H-pyrrole nitrogens is 1. The van der Waals surface area contributed by atoms with E-state index in [-0.39, 0.29) is 18.6 Å². The molecular weight excluding hydrogens is 328 g/mol. The lowest BCUT2D eigenvalue weighted by Crippen LogP contribution is -2.31. The van der Waals surface area contributed by atoms with Gasteiger partial charge in [-0.3, -0.25) is 4.79 Å². The van der Waals surface area contributed by atoms with Crippen LogP contribution in [0.1, 0.15) is 40.1 Å². The second kappa shape index (κ2) is 7.44. The molecule has 0 saturated heterocycles. The van der Waals surface area contributed by atoms with Crippen molar-refractivity contribution in [3.63, 3.8) is 0 Å². The SMILES string of the molecule is Cc1[nH]c2ccc(C(=O)OCC(=O)N[C@H](C)c3ccccc3)cc2c1C. The van der Waals surface area contributed by atoms with Gasteiger partial charge in [0.15, 0.2) is 6.61 Å². The summed E-state index contributed by atoms with van der Waals surface area (Å²) < 4.78 is 5.16. The first-order valence-electron chi connectivity index (χ1n) is 8.56. The molecule has 0 fully saturated rings. The molecule has 0 aliphatic heterocycles. The van der Waals surface area contributed by atoms with Crippen LogP contribution in [-0.4, -0.2) is 23.5 Å². The second-order valence-corrected chi connectivity index (χ2v) is 6.41. The van der Waals surface area contributed by atoms with Gasteiger partial charge in [-0.1, -0.05) is 30.3 Å². The number of aryl methyl sites for hydroxylation is 2. The molecule has 0 bridgehead atoms. The number of amides is 1. The number of carbonyl (C=O) groups excluding carboxylic acids is 2. The van der Waals surface area contributed by atoms with Crippen molar-refractivity contribution in [2.75, 3.05) is 6.61 Å². The number of esters is 1. The number of hydrogen-bond donors (Lipinski definition) is 2. The summed E-state index contributed by atoms with van der Waals surface area (Å²) in [5.41, 5.74) is 4.58. The van der Waals surface area contributed by atoms with Gasteiger partial charge < -0.3 is 15.0 Å². The summed E-state index contributed by atoms with van der Waals surface area (Å²) in [6, 6.07) is 14.8. The van der Waals surface area contributed by atoms with E-state index in [1.54, 1.807) is 12.1 Å². The smallest absolute Gasteiger partial charge is 0.338 e. The molecule has 5 heteroatoms. The van der Waals surface area contributed by atoms with E-state index in [0.29, 0.717) is 5.56 Å². The van der Waals surface area contributed by atoms with Crippen molar-refractivity contribution in [3.8, 4) is 0 Å². The zero-order chi connectivity index (χ0) is 18.7. The van der Waals surface area contributed by atoms with E-state index >= 15 is 0 Å². The number of nitrogens with one attached hydrogen (secondary N) is 2. The van der Waals surface area contributed by atoms with Crippen LogP contribution in [0, 0.1) is 13.8 Å². The Balaban J connectivity index is 1.60. The summed E-state index contributed by atoms with van der Waals surface area (Å²) in [7, 11) is 0. The summed E-state index contributed by atoms with van der Waals surface area (Å²) in [6.45, 7) is 5.58. The van der Waals surface area contributed by atoms with Crippen molar-refractivity contribution in [1.29, 1.82) is 0 Å². The van der Waals surface area contributed by atoms with Crippen LogP contribution in [-0.2, 0) is 9.53 Å². The molecule has 0 spiro atoms. The van der Waals surface area contributed by atoms with E-state index in [1.165, 1.54) is 0 Å². The lowest BCUT2D eigenvalue weighted by Gasteiger charge is -2.14. The van der Waals surface area contributed by atoms with Gasteiger partial charge in [-0.05, 0) is 50.1 Å². The Morgan fingerprint density at radius 2 is 1.85 bits per heavy atom. The largest absolute Gasteiger partial charge is 0.452 e. The number of fused-ring (bicyclic) bond motifs is 1. The minimum atomic E-state index is -0.507. The lowest BCUT2D eigenvalue weighted by atomic mass is 10.1. The fourth-order valence-corrected chi connectivity index (χ4v) is 2.91. The number of hydrogen-bond acceptors (Lipinski definition) is 3. The number of aromatic amines is 1. The van der Waals surface area contributed by atoms with Crippen molar-refractivity contribution in [1.82, 2.24) is 10.3 Å². The van der Waals surface area contributed by atoms with E-state index < -0.39 is 5.97 Å². The molecule has 26 heavy (non-hydrogen) atoms. The molecule has 0 aliphatic carbocycles. The first-order valence-corrected chi connectivity index (χ1v) is 8.56. The number of carbonyl (C=O) groups is 2. The highest BCUT2D eigenvalue weighted by molar-refractivity contribution is 5.96. The number of aromatic nitrogens is 1. The molecule has 1 atom stereocenters. The third-order valence-corrected chi connectivity index (χ3v) is 4.56. The van der Waals surface area contributed by atoms with Gasteiger partial charge in [-0.2, -0.15) is 0 Å². The molecule has 0 aliphatic rings. The van der Waals surface area contributed by atoms with Crippen molar-refractivity contribution < 1.29 is 14.3 Å². The Bertz CT molecular complexity index is 945. The van der Waals surface area contributed by atoms with Crippen LogP contribution in [0.3, 0.4) is 0 Å². The topological polar surface area (TPSA) is 71.2 Å². The van der Waals surface area contributed by atoms with Gasteiger partial charge in [0.05, 0.1) is 11.6 Å². The van der Waals surface area contributed by atoms with E-state index in [9.17, 15) is 9.59 Å². The zero-order valence-electron chi connectivity index (χ0n) is 15.1. The predicted molar refractivity (Wildman–Crippen MR) is 101 cm³/mol. The standard InChI is InChI=1S/C21H22N2O3/c1-13-14(2)22-19-10-9-17(11-18(13)19)21(25)26-12-20(24)23-15(3)16-7-5-4-6-8-16/h4-11,15,22H,12H2,1-3H3,(H,23,24)/t15-/m1/s1. The predicted octanol–water partition coefficient (Wildman–Crippen LogP) is 3.82. The fraction of sp³-hybridized carbons (Fsp3) is 0.238. The average molecular weight is 350 g/mol. The van der Waals surface area contributed by atoms with Crippen LogP contribution in [0.15, 0.2) is 48.5 Å². The maximum Gasteiger partial charge on any atom is 0.338 e. The normalized spacial score (nSPS) is 12.0. The monoisotopic (exact) mass is 350 g/mol. The van der Waals surface area contributed by atoms with Gasteiger partial charge in [0.25, 0.3) is 5.91 Å². The van der Waals surface area contributed by atoms with Gasteiger partial charge in [-0.25, -0.2) is 4.79 Å². The number of rotatable bonds is 5. The third-order valence-electron chi connectivity index (χ3n) is 4.56. The molecule has 1 amide bonds. The Morgan fingerprint density at radius 3 is 2.58 bits per heavy atom. The van der Waals surface area contributed by atoms with E-state index in [4.69, 9.17) is 4.74 Å². The molecule has 5 nitrogen and oxygen atoms in total. The van der Waals surface area contributed by atoms with Gasteiger partial charge in [0.2, 0.25) is 0 Å². The van der Waals surface area contributed by atoms with Crippen molar-refractivity contribution in [3.05, 3.63) is 70.9 Å². The fourth-order valence-electron chi connectivity index (χ4n) is 2.91. The summed E-state index contributed by atoms with van der Waals surface area (Å²) in [5.74, 6) is -0.836. The molecule has 1 aromatic heterocycles. The molecule has 0 unspecified atom stereocenters. The summed E-state index contributed by atoms with van der Waals surface area (Å²) in [4.78, 5) is 27.6. The van der Waals surface area contributed by atoms with Crippen LogP contribution in [0.25, 0.3) is 10.9 Å². The Hall–Kier alpha value is -3.08. The molecule has 0 radical (unpaired) electrons. The first-order chi connectivity index (χ1) is 12.5. The van der Waals surface area contributed by atoms with Crippen molar-refractivity contribution in [2.45, 2.75) is 26.8 Å². The maximum atomic E-state index is 12.3. The Kier molecular flexibility index (Phi) is 5.07. The molecule has 2 aromatic carbocycles. The number of benzene rings is 2. The van der Waals surface area contributed by atoms with Crippen LogP contribution in [0.4, 0.5) is 0 Å². The van der Waals surface area contributed by atoms with Crippen molar-refractivity contribution in [2.24, 2.45) is 0 Å². The van der Waals surface area contributed by atoms with Gasteiger partial charge in [0.1, 0.15) is 0 Å². The van der Waals surface area contributed by atoms with E-state index in [2.05, 4.69) is 10.3 Å². The van der Waals surface area contributed by atoms with E-state index in [1.807, 2.05) is 57.2 Å². The zero-order valence-corrected chi connectivity index (χ0v) is 15.1. The van der Waals surface area contributed by atoms with Crippen molar-refractivity contribution >= 4 is 22.8 Å². The summed E-state index contributed by atoms with van der Waals surface area (Å²) in [5, 5.41) is 3.81. The third kappa shape index (κ3) is 3.77. The highest BCUT2D eigenvalue weighted by Gasteiger charge is 2.14. The molecular formula is C21H22N2O3. The molecule has 134 valence electrons. The average Bonchev–Trinajstić information content (AvgIpc) is 2.94. The van der Waals surface area contributed by atoms with E-state index in [0.717, 1.165) is 27.7 Å². The molecule has 2 N–H and O–H groups in total. The number of ether oxygens (including phenoxy) is 1.